The zero-order chi connectivity index (χ0) is 12.4. The van der Waals surface area contributed by atoms with E-state index in [-0.39, 0.29) is 24.8 Å². The summed E-state index contributed by atoms with van der Waals surface area (Å²) in [6, 6.07) is 4.15. The summed E-state index contributed by atoms with van der Waals surface area (Å²) in [7, 11) is 0. The van der Waals surface area contributed by atoms with E-state index in [9.17, 15) is 5.11 Å². The molecule has 0 spiro atoms. The van der Waals surface area contributed by atoms with Crippen LogP contribution in [0.15, 0.2) is 12.1 Å². The Balaban J connectivity index is 0.00000162. The van der Waals surface area contributed by atoms with E-state index in [1.807, 2.05) is 12.1 Å². The highest BCUT2D eigenvalue weighted by Gasteiger charge is 2.20. The fourth-order valence-electron chi connectivity index (χ4n) is 2.86. The molecule has 19 heavy (non-hydrogen) atoms. The maximum atomic E-state index is 9.59. The highest BCUT2D eigenvalue weighted by molar-refractivity contribution is 5.85. The van der Waals surface area contributed by atoms with Gasteiger partial charge in [-0.15, -0.1) is 24.8 Å². The zero-order valence-electron chi connectivity index (χ0n) is 11.8. The summed E-state index contributed by atoms with van der Waals surface area (Å²) in [4.78, 5) is 2.50. The van der Waals surface area contributed by atoms with Crippen LogP contribution in [-0.2, 0) is 0 Å². The average Bonchev–Trinajstić information content (AvgIpc) is 2.28. The van der Waals surface area contributed by atoms with Crippen LogP contribution in [0.3, 0.4) is 0 Å². The van der Waals surface area contributed by atoms with E-state index in [1.54, 1.807) is 0 Å². The van der Waals surface area contributed by atoms with Crippen molar-refractivity contribution in [3.8, 4) is 5.75 Å². The topological polar surface area (TPSA) is 35.5 Å². The van der Waals surface area contributed by atoms with Crippen LogP contribution in [0.25, 0.3) is 0 Å². The van der Waals surface area contributed by atoms with Crippen molar-refractivity contribution < 1.29 is 5.11 Å². The Kier molecular flexibility index (Phi) is 7.75. The molecule has 1 saturated heterocycles. The highest BCUT2D eigenvalue weighted by atomic mass is 35.5. The summed E-state index contributed by atoms with van der Waals surface area (Å²) >= 11 is 0. The second kappa shape index (κ2) is 7.95. The normalized spacial score (nSPS) is 17.2. The zero-order valence-corrected chi connectivity index (χ0v) is 13.4. The van der Waals surface area contributed by atoms with E-state index in [2.05, 4.69) is 31.0 Å². The number of aryl methyl sites for hydroxylation is 2. The lowest BCUT2D eigenvalue weighted by molar-refractivity contribution is 0.184. The molecule has 0 amide bonds. The maximum Gasteiger partial charge on any atom is 0.116 e. The molecule has 0 radical (unpaired) electrons. The third-order valence-corrected chi connectivity index (χ3v) is 3.70. The quantitative estimate of drug-likeness (QED) is 0.882. The molecule has 0 bridgehead atoms. The standard InChI is InChI=1S/C14H22N2O.2ClH/c1-10-8-13(17)9-11(2)14(10)12(3)16-6-4-15-5-7-16;;/h8-9,12,15,17H,4-7H2,1-3H3;2*1H/t12-;;/m0../s1. The number of rotatable bonds is 2. The summed E-state index contributed by atoms with van der Waals surface area (Å²) < 4.78 is 0. The highest BCUT2D eigenvalue weighted by Crippen LogP contribution is 2.29. The van der Waals surface area contributed by atoms with Gasteiger partial charge in [0.05, 0.1) is 0 Å². The van der Waals surface area contributed by atoms with E-state index in [0.29, 0.717) is 11.8 Å². The number of hydrogen-bond donors (Lipinski definition) is 2. The second-order valence-corrected chi connectivity index (χ2v) is 4.96. The predicted molar refractivity (Wildman–Crippen MR) is 84.9 cm³/mol. The van der Waals surface area contributed by atoms with E-state index in [0.717, 1.165) is 26.2 Å². The molecular formula is C14H24Cl2N2O. The maximum absolute atomic E-state index is 9.59. The van der Waals surface area contributed by atoms with Crippen molar-refractivity contribution in [1.82, 2.24) is 10.2 Å². The molecule has 1 aromatic carbocycles. The Morgan fingerprint density at radius 1 is 1.11 bits per heavy atom. The van der Waals surface area contributed by atoms with Gasteiger partial charge >= 0.3 is 0 Å². The van der Waals surface area contributed by atoms with E-state index in [1.165, 1.54) is 16.7 Å². The van der Waals surface area contributed by atoms with E-state index < -0.39 is 0 Å². The van der Waals surface area contributed by atoms with Crippen LogP contribution >= 0.6 is 24.8 Å². The minimum atomic E-state index is 0. The molecule has 2 N–H and O–H groups in total. The third kappa shape index (κ3) is 4.25. The third-order valence-electron chi connectivity index (χ3n) is 3.70. The molecule has 0 unspecified atom stereocenters. The van der Waals surface area contributed by atoms with Crippen LogP contribution in [0.4, 0.5) is 0 Å². The van der Waals surface area contributed by atoms with Crippen LogP contribution < -0.4 is 5.32 Å². The molecule has 1 aliphatic heterocycles. The molecule has 2 rings (SSSR count). The molecule has 0 saturated carbocycles. The van der Waals surface area contributed by atoms with Crippen LogP contribution in [0, 0.1) is 13.8 Å². The molecule has 3 nitrogen and oxygen atoms in total. The van der Waals surface area contributed by atoms with E-state index >= 15 is 0 Å². The van der Waals surface area contributed by atoms with Gasteiger partial charge in [0.2, 0.25) is 0 Å². The number of nitrogens with one attached hydrogen (secondary N) is 1. The summed E-state index contributed by atoms with van der Waals surface area (Å²) in [5.74, 6) is 0.372. The molecule has 110 valence electrons. The molecule has 1 aromatic rings. The minimum absolute atomic E-state index is 0. The largest absolute Gasteiger partial charge is 0.508 e. The Morgan fingerprint density at radius 3 is 2.05 bits per heavy atom. The summed E-state index contributed by atoms with van der Waals surface area (Å²) in [6.45, 7) is 10.8. The molecule has 0 aliphatic carbocycles. The van der Waals surface area contributed by atoms with Gasteiger partial charge in [-0.3, -0.25) is 4.90 Å². The SMILES string of the molecule is Cc1cc(O)cc(C)c1[C@H](C)N1CCNCC1.Cl.Cl. The van der Waals surface area contributed by atoms with Crippen LogP contribution in [0.1, 0.15) is 29.7 Å². The molecule has 1 fully saturated rings. The average molecular weight is 307 g/mol. The van der Waals surface area contributed by atoms with Crippen molar-refractivity contribution in [2.45, 2.75) is 26.8 Å². The first-order chi connectivity index (χ1) is 8.09. The number of piperazine rings is 1. The Hall–Kier alpha value is -0.480. The summed E-state index contributed by atoms with van der Waals surface area (Å²) in [6.07, 6.45) is 0. The van der Waals surface area contributed by atoms with Crippen molar-refractivity contribution in [2.75, 3.05) is 26.2 Å². The Labute approximate surface area is 128 Å². The van der Waals surface area contributed by atoms with Gasteiger partial charge in [0, 0.05) is 32.2 Å². The Bertz CT molecular complexity index is 383. The number of phenolic OH excluding ortho intramolecular Hbond substituents is 1. The van der Waals surface area contributed by atoms with Gasteiger partial charge in [-0.05, 0) is 49.6 Å². The van der Waals surface area contributed by atoms with Gasteiger partial charge in [-0.2, -0.15) is 0 Å². The van der Waals surface area contributed by atoms with Gasteiger partial charge < -0.3 is 10.4 Å². The fraction of sp³-hybridized carbons (Fsp3) is 0.571. The lowest BCUT2D eigenvalue weighted by Crippen LogP contribution is -2.44. The molecule has 1 aliphatic rings. The number of nitrogens with zero attached hydrogens (tertiary/aromatic N) is 1. The second-order valence-electron chi connectivity index (χ2n) is 4.96. The van der Waals surface area contributed by atoms with Gasteiger partial charge in [0.1, 0.15) is 5.75 Å². The first kappa shape index (κ1) is 18.5. The van der Waals surface area contributed by atoms with Gasteiger partial charge in [0.15, 0.2) is 0 Å². The lowest BCUT2D eigenvalue weighted by atomic mass is 9.95. The van der Waals surface area contributed by atoms with Gasteiger partial charge in [-0.1, -0.05) is 0 Å². The van der Waals surface area contributed by atoms with Crippen molar-refractivity contribution in [3.63, 3.8) is 0 Å². The molecule has 5 heteroatoms. The van der Waals surface area contributed by atoms with Gasteiger partial charge in [0.25, 0.3) is 0 Å². The number of benzene rings is 1. The number of hydrogen-bond acceptors (Lipinski definition) is 3. The molecule has 0 aromatic heterocycles. The lowest BCUT2D eigenvalue weighted by Gasteiger charge is -2.34. The van der Waals surface area contributed by atoms with E-state index in [4.69, 9.17) is 0 Å². The smallest absolute Gasteiger partial charge is 0.116 e. The van der Waals surface area contributed by atoms with Crippen molar-refractivity contribution in [1.29, 1.82) is 0 Å². The van der Waals surface area contributed by atoms with Crippen LogP contribution in [0.5, 0.6) is 5.75 Å². The van der Waals surface area contributed by atoms with Gasteiger partial charge in [-0.25, -0.2) is 0 Å². The molecular weight excluding hydrogens is 283 g/mol. The molecule has 1 heterocycles. The number of halogens is 2. The summed E-state index contributed by atoms with van der Waals surface area (Å²) in [5.41, 5.74) is 3.74. The number of phenols is 1. The minimum Gasteiger partial charge on any atom is -0.508 e. The van der Waals surface area contributed by atoms with Crippen LogP contribution in [0.2, 0.25) is 0 Å². The van der Waals surface area contributed by atoms with Crippen LogP contribution in [-0.4, -0.2) is 36.2 Å². The molecule has 1 atom stereocenters. The predicted octanol–water partition coefficient (Wildman–Crippen LogP) is 2.82. The Morgan fingerprint density at radius 2 is 1.58 bits per heavy atom. The first-order valence-electron chi connectivity index (χ1n) is 6.34. The fourth-order valence-corrected chi connectivity index (χ4v) is 2.86. The first-order valence-corrected chi connectivity index (χ1v) is 6.34. The van der Waals surface area contributed by atoms with Crippen molar-refractivity contribution >= 4 is 24.8 Å². The monoisotopic (exact) mass is 306 g/mol. The van der Waals surface area contributed by atoms with Crippen molar-refractivity contribution in [2.24, 2.45) is 0 Å². The van der Waals surface area contributed by atoms with Crippen molar-refractivity contribution in [3.05, 3.63) is 28.8 Å². The number of aromatic hydroxyl groups is 1. The summed E-state index contributed by atoms with van der Waals surface area (Å²) in [5, 5.41) is 13.0.